The minimum Gasteiger partial charge on any atom is -0.0583 e. The summed E-state index contributed by atoms with van der Waals surface area (Å²) in [5, 5.41) is 0. The van der Waals surface area contributed by atoms with Gasteiger partial charge in [0.15, 0.2) is 0 Å². The third kappa shape index (κ3) is 1.68. The van der Waals surface area contributed by atoms with E-state index in [2.05, 4.69) is 54.6 Å². The largest absolute Gasteiger partial charge is 0.0583 e. The lowest BCUT2D eigenvalue weighted by atomic mass is 10.2. The van der Waals surface area contributed by atoms with E-state index in [-0.39, 0.29) is 0 Å². The van der Waals surface area contributed by atoms with Gasteiger partial charge in [-0.1, -0.05) is 17.7 Å². The summed E-state index contributed by atoms with van der Waals surface area (Å²) in [6.45, 7) is 5.95. The van der Waals surface area contributed by atoms with E-state index in [9.17, 15) is 0 Å². The van der Waals surface area contributed by atoms with Crippen molar-refractivity contribution in [3.63, 3.8) is 0 Å². The molecule has 0 saturated heterocycles. The Kier molecular flexibility index (Phi) is 2.11. The van der Waals surface area contributed by atoms with Crippen molar-refractivity contribution in [2.24, 2.45) is 0 Å². The summed E-state index contributed by atoms with van der Waals surface area (Å²) in [5.74, 6) is 0. The molecule has 0 aliphatic rings. The number of benzene rings is 1. The van der Waals surface area contributed by atoms with Gasteiger partial charge in [0.2, 0.25) is 0 Å². The van der Waals surface area contributed by atoms with Gasteiger partial charge in [-0.25, -0.2) is 0 Å². The molecule has 1 radical (unpaired) electrons. The van der Waals surface area contributed by atoms with Crippen LogP contribution in [0.15, 0.2) is 18.2 Å². The van der Waals surface area contributed by atoms with Crippen molar-refractivity contribution in [1.29, 1.82) is 0 Å². The lowest BCUT2D eigenvalue weighted by molar-refractivity contribution is 1.42. The molecule has 0 nitrogen and oxygen atoms in total. The van der Waals surface area contributed by atoms with Crippen LogP contribution in [0.5, 0.6) is 0 Å². The molecule has 1 heteroatoms. The van der Waals surface area contributed by atoms with Gasteiger partial charge in [0.25, 0.3) is 0 Å². The lowest BCUT2D eigenvalue weighted by Crippen LogP contribution is -1.79. The second kappa shape index (κ2) is 2.69. The van der Waals surface area contributed by atoms with E-state index >= 15 is 0 Å². The topological polar surface area (TPSA) is 0 Å². The van der Waals surface area contributed by atoms with Crippen molar-refractivity contribution < 1.29 is 0 Å². The standard InChI is InChI=1S/C8H8I/c1-6-3-4-8(9)7(2)5-6/h3-5H,2H2,1H3. The molecule has 0 saturated carbocycles. The molecule has 47 valence electrons. The molecule has 1 aromatic carbocycles. The Bertz CT molecular complexity index is 216. The first kappa shape index (κ1) is 7.06. The summed E-state index contributed by atoms with van der Waals surface area (Å²) in [6, 6.07) is 6.26. The van der Waals surface area contributed by atoms with Crippen LogP contribution in [0, 0.1) is 17.4 Å². The number of aryl methyl sites for hydroxylation is 1. The van der Waals surface area contributed by atoms with Crippen LogP contribution in [0.3, 0.4) is 0 Å². The second-order valence-electron chi connectivity index (χ2n) is 2.09. The molecule has 0 aromatic heterocycles. The highest BCUT2D eigenvalue weighted by molar-refractivity contribution is 14.1. The third-order valence-corrected chi connectivity index (χ3v) is 2.25. The van der Waals surface area contributed by atoms with Gasteiger partial charge in [-0.3, -0.25) is 0 Å². The Morgan fingerprint density at radius 2 is 2.11 bits per heavy atom. The van der Waals surface area contributed by atoms with Gasteiger partial charge in [-0.2, -0.15) is 0 Å². The zero-order chi connectivity index (χ0) is 6.85. The van der Waals surface area contributed by atoms with Crippen molar-refractivity contribution in [1.82, 2.24) is 0 Å². The average molecular weight is 231 g/mol. The summed E-state index contributed by atoms with van der Waals surface area (Å²) < 4.78 is 1.23. The summed E-state index contributed by atoms with van der Waals surface area (Å²) in [7, 11) is 0. The Hall–Kier alpha value is -0.0500. The summed E-state index contributed by atoms with van der Waals surface area (Å²) in [6.07, 6.45) is 0. The summed E-state index contributed by atoms with van der Waals surface area (Å²) in [4.78, 5) is 0. The molecule has 1 rings (SSSR count). The average Bonchev–Trinajstić information content (AvgIpc) is 1.80. The lowest BCUT2D eigenvalue weighted by Gasteiger charge is -1.96. The van der Waals surface area contributed by atoms with Gasteiger partial charge >= 0.3 is 0 Å². The van der Waals surface area contributed by atoms with E-state index < -0.39 is 0 Å². The molecular weight excluding hydrogens is 223 g/mol. The molecular formula is C8H8I. The Balaban J connectivity index is 3.17. The Morgan fingerprint density at radius 3 is 2.56 bits per heavy atom. The molecule has 0 aliphatic heterocycles. The van der Waals surface area contributed by atoms with Crippen LogP contribution < -0.4 is 0 Å². The number of rotatable bonds is 0. The molecule has 1 aromatic rings. The zero-order valence-electron chi connectivity index (χ0n) is 5.32. The van der Waals surface area contributed by atoms with E-state index in [4.69, 9.17) is 0 Å². The zero-order valence-corrected chi connectivity index (χ0v) is 7.47. The molecule has 0 spiro atoms. The predicted molar refractivity (Wildman–Crippen MR) is 48.4 cm³/mol. The highest BCUT2D eigenvalue weighted by Crippen LogP contribution is 2.11. The van der Waals surface area contributed by atoms with Crippen LogP contribution in [0.4, 0.5) is 0 Å². The predicted octanol–water partition coefficient (Wildman–Crippen LogP) is 2.78. The van der Waals surface area contributed by atoms with Crippen molar-refractivity contribution in [2.45, 2.75) is 6.92 Å². The highest BCUT2D eigenvalue weighted by Gasteiger charge is 1.90. The van der Waals surface area contributed by atoms with E-state index in [1.165, 1.54) is 9.13 Å². The van der Waals surface area contributed by atoms with E-state index in [0.717, 1.165) is 5.56 Å². The maximum atomic E-state index is 3.87. The minimum absolute atomic E-state index is 1.12. The summed E-state index contributed by atoms with van der Waals surface area (Å²) >= 11 is 2.28. The summed E-state index contributed by atoms with van der Waals surface area (Å²) in [5.41, 5.74) is 2.40. The molecule has 0 aliphatic carbocycles. The van der Waals surface area contributed by atoms with Gasteiger partial charge in [-0.15, -0.1) is 0 Å². The maximum Gasteiger partial charge on any atom is 0.0162 e. The van der Waals surface area contributed by atoms with Crippen LogP contribution in [-0.2, 0) is 0 Å². The maximum absolute atomic E-state index is 3.87. The first-order chi connectivity index (χ1) is 4.20. The van der Waals surface area contributed by atoms with Crippen LogP contribution in [-0.4, -0.2) is 0 Å². The van der Waals surface area contributed by atoms with Crippen LogP contribution in [0.2, 0.25) is 0 Å². The van der Waals surface area contributed by atoms with Crippen molar-refractivity contribution in [2.75, 3.05) is 0 Å². The molecule has 0 heterocycles. The van der Waals surface area contributed by atoms with Gasteiger partial charge in [0, 0.05) is 3.57 Å². The highest BCUT2D eigenvalue weighted by atomic mass is 127. The van der Waals surface area contributed by atoms with Gasteiger partial charge in [0.1, 0.15) is 0 Å². The monoisotopic (exact) mass is 231 g/mol. The van der Waals surface area contributed by atoms with Crippen LogP contribution >= 0.6 is 22.6 Å². The first-order valence-corrected chi connectivity index (χ1v) is 3.86. The van der Waals surface area contributed by atoms with E-state index in [1.807, 2.05) is 0 Å². The molecule has 0 bridgehead atoms. The van der Waals surface area contributed by atoms with Crippen LogP contribution in [0.1, 0.15) is 11.1 Å². The van der Waals surface area contributed by atoms with E-state index in [1.54, 1.807) is 0 Å². The molecule has 0 N–H and O–H groups in total. The SMILES string of the molecule is [CH2]c1cc(C)ccc1I. The molecule has 0 amide bonds. The normalized spacial score (nSPS) is 9.67. The van der Waals surface area contributed by atoms with Crippen molar-refractivity contribution in [3.05, 3.63) is 39.8 Å². The van der Waals surface area contributed by atoms with Gasteiger partial charge in [-0.05, 0) is 48.1 Å². The van der Waals surface area contributed by atoms with Crippen molar-refractivity contribution >= 4 is 22.6 Å². The number of hydrogen-bond acceptors (Lipinski definition) is 0. The Morgan fingerprint density at radius 1 is 1.44 bits per heavy atom. The van der Waals surface area contributed by atoms with Crippen LogP contribution in [0.25, 0.3) is 0 Å². The fourth-order valence-corrected chi connectivity index (χ4v) is 1.04. The number of halogens is 1. The fourth-order valence-electron chi connectivity index (χ4n) is 0.704. The first-order valence-electron chi connectivity index (χ1n) is 2.78. The van der Waals surface area contributed by atoms with Crippen molar-refractivity contribution in [3.8, 4) is 0 Å². The molecule has 0 unspecified atom stereocenters. The van der Waals surface area contributed by atoms with Gasteiger partial charge in [0.05, 0.1) is 0 Å². The fraction of sp³-hybridized carbons (Fsp3) is 0.125. The molecule has 9 heavy (non-hydrogen) atoms. The minimum atomic E-state index is 1.12. The smallest absolute Gasteiger partial charge is 0.0162 e. The molecule has 0 atom stereocenters. The Labute approximate surface area is 69.4 Å². The third-order valence-electron chi connectivity index (χ3n) is 1.20. The second-order valence-corrected chi connectivity index (χ2v) is 3.26. The quantitative estimate of drug-likeness (QED) is 0.602. The van der Waals surface area contributed by atoms with E-state index in [0.29, 0.717) is 0 Å². The number of hydrogen-bond donors (Lipinski definition) is 0. The van der Waals surface area contributed by atoms with Gasteiger partial charge < -0.3 is 0 Å². The molecule has 0 fully saturated rings.